The first-order chi connectivity index (χ1) is 14.4. The molecule has 2 aliphatic heterocycles. The second kappa shape index (κ2) is 8.63. The maximum atomic E-state index is 14.0. The quantitative estimate of drug-likeness (QED) is 0.700. The van der Waals surface area contributed by atoms with Gasteiger partial charge in [-0.25, -0.2) is 12.8 Å². The van der Waals surface area contributed by atoms with Crippen LogP contribution in [0.15, 0.2) is 47.4 Å². The van der Waals surface area contributed by atoms with Crippen molar-refractivity contribution in [2.45, 2.75) is 24.3 Å². The standard InChI is InChI=1S/C21H23ClFN3O3S/c22-19-3-1-4-20(23)18(19)15-24-11-13-25(14-12-24)30(28,29)17-8-6-16(7-9-17)26-10-2-5-21(26)27/h1,3-4,6-9H,2,5,10-15H2. The Balaban J connectivity index is 1.40. The van der Waals surface area contributed by atoms with Crippen LogP contribution in [0.5, 0.6) is 0 Å². The average Bonchev–Trinajstić information content (AvgIpc) is 3.17. The lowest BCUT2D eigenvalue weighted by Gasteiger charge is -2.34. The summed E-state index contributed by atoms with van der Waals surface area (Å²) in [4.78, 5) is 15.8. The summed E-state index contributed by atoms with van der Waals surface area (Å²) in [6.45, 7) is 2.63. The first-order valence-electron chi connectivity index (χ1n) is 9.92. The van der Waals surface area contributed by atoms with Crippen molar-refractivity contribution in [1.82, 2.24) is 9.21 Å². The highest BCUT2D eigenvalue weighted by Gasteiger charge is 2.29. The van der Waals surface area contributed by atoms with Crippen LogP contribution in [0.4, 0.5) is 10.1 Å². The third kappa shape index (κ3) is 4.23. The van der Waals surface area contributed by atoms with Crippen molar-refractivity contribution in [3.8, 4) is 0 Å². The number of carbonyl (C=O) groups excluding carboxylic acids is 1. The van der Waals surface area contributed by atoms with Gasteiger partial charge in [-0.1, -0.05) is 17.7 Å². The molecule has 0 radical (unpaired) electrons. The first kappa shape index (κ1) is 21.2. The molecule has 2 fully saturated rings. The molecule has 1 amide bonds. The van der Waals surface area contributed by atoms with E-state index in [9.17, 15) is 17.6 Å². The van der Waals surface area contributed by atoms with Gasteiger partial charge in [-0.3, -0.25) is 9.69 Å². The molecular weight excluding hydrogens is 429 g/mol. The smallest absolute Gasteiger partial charge is 0.243 e. The summed E-state index contributed by atoms with van der Waals surface area (Å²) < 4.78 is 41.5. The highest BCUT2D eigenvalue weighted by molar-refractivity contribution is 7.89. The molecule has 2 aliphatic rings. The van der Waals surface area contributed by atoms with Crippen molar-refractivity contribution in [2.75, 3.05) is 37.6 Å². The molecule has 2 heterocycles. The maximum Gasteiger partial charge on any atom is 0.243 e. The van der Waals surface area contributed by atoms with Crippen molar-refractivity contribution in [1.29, 1.82) is 0 Å². The molecule has 2 aromatic carbocycles. The molecule has 0 unspecified atom stereocenters. The lowest BCUT2D eigenvalue weighted by atomic mass is 10.2. The molecule has 2 aromatic rings. The second-order valence-corrected chi connectivity index (χ2v) is 9.87. The van der Waals surface area contributed by atoms with Crippen molar-refractivity contribution >= 4 is 33.2 Å². The molecule has 30 heavy (non-hydrogen) atoms. The Morgan fingerprint density at radius 1 is 0.967 bits per heavy atom. The number of sulfonamides is 1. The fourth-order valence-electron chi connectivity index (χ4n) is 3.90. The zero-order chi connectivity index (χ0) is 21.3. The highest BCUT2D eigenvalue weighted by Crippen LogP contribution is 2.26. The maximum absolute atomic E-state index is 14.0. The summed E-state index contributed by atoms with van der Waals surface area (Å²) in [6, 6.07) is 11.1. The van der Waals surface area contributed by atoms with Gasteiger partial charge in [-0.2, -0.15) is 4.31 Å². The van der Waals surface area contributed by atoms with Gasteiger partial charge < -0.3 is 4.90 Å². The Kier molecular flexibility index (Phi) is 6.11. The van der Waals surface area contributed by atoms with Crippen LogP contribution < -0.4 is 4.90 Å². The lowest BCUT2D eigenvalue weighted by Crippen LogP contribution is -2.48. The highest BCUT2D eigenvalue weighted by atomic mass is 35.5. The molecule has 0 aromatic heterocycles. The van der Waals surface area contributed by atoms with E-state index >= 15 is 0 Å². The fraction of sp³-hybridized carbons (Fsp3) is 0.381. The third-order valence-electron chi connectivity index (χ3n) is 5.63. The molecular formula is C21H23ClFN3O3S. The van der Waals surface area contributed by atoms with Crippen molar-refractivity contribution in [3.05, 3.63) is 58.9 Å². The molecule has 0 spiro atoms. The molecule has 0 N–H and O–H groups in total. The molecule has 160 valence electrons. The Morgan fingerprint density at radius 2 is 1.67 bits per heavy atom. The van der Waals surface area contributed by atoms with Gasteiger partial charge >= 0.3 is 0 Å². The number of benzene rings is 2. The van der Waals surface area contributed by atoms with Crippen LogP contribution in [0, 0.1) is 5.82 Å². The summed E-state index contributed by atoms with van der Waals surface area (Å²) in [6.07, 6.45) is 1.35. The van der Waals surface area contributed by atoms with E-state index in [4.69, 9.17) is 11.6 Å². The third-order valence-corrected chi connectivity index (χ3v) is 7.90. The molecule has 0 atom stereocenters. The van der Waals surface area contributed by atoms with Crippen LogP contribution in [-0.2, 0) is 21.4 Å². The van der Waals surface area contributed by atoms with Gasteiger partial charge in [0.05, 0.1) is 4.90 Å². The van der Waals surface area contributed by atoms with Crippen LogP contribution in [-0.4, -0.2) is 56.3 Å². The van der Waals surface area contributed by atoms with Gasteiger partial charge in [0.15, 0.2) is 0 Å². The van der Waals surface area contributed by atoms with Gasteiger partial charge in [0.25, 0.3) is 0 Å². The summed E-state index contributed by atoms with van der Waals surface area (Å²) in [7, 11) is -3.63. The Morgan fingerprint density at radius 3 is 2.27 bits per heavy atom. The molecule has 4 rings (SSSR count). The predicted octanol–water partition coefficient (Wildman–Crippen LogP) is 3.11. The minimum Gasteiger partial charge on any atom is -0.312 e. The Bertz CT molecular complexity index is 1020. The number of anilines is 1. The van der Waals surface area contributed by atoms with E-state index in [1.807, 2.05) is 4.90 Å². The zero-order valence-corrected chi connectivity index (χ0v) is 18.0. The average molecular weight is 452 g/mol. The number of nitrogens with zero attached hydrogens (tertiary/aromatic N) is 3. The SMILES string of the molecule is O=C1CCCN1c1ccc(S(=O)(=O)N2CCN(Cc3c(F)cccc3Cl)CC2)cc1. The summed E-state index contributed by atoms with van der Waals surface area (Å²) >= 11 is 6.10. The van der Waals surface area contributed by atoms with Gasteiger partial charge in [-0.05, 0) is 42.8 Å². The molecule has 0 aliphatic carbocycles. The number of hydrogen-bond donors (Lipinski definition) is 0. The Hall–Kier alpha value is -2.00. The van der Waals surface area contributed by atoms with E-state index in [1.165, 1.54) is 10.4 Å². The lowest BCUT2D eigenvalue weighted by molar-refractivity contribution is -0.117. The first-order valence-corrected chi connectivity index (χ1v) is 11.7. The van der Waals surface area contributed by atoms with Crippen molar-refractivity contribution in [3.63, 3.8) is 0 Å². The number of rotatable bonds is 5. The summed E-state index contributed by atoms with van der Waals surface area (Å²) in [5.41, 5.74) is 1.16. The number of piperazine rings is 1. The van der Waals surface area contributed by atoms with Crippen molar-refractivity contribution < 1.29 is 17.6 Å². The van der Waals surface area contributed by atoms with Gasteiger partial charge in [0, 0.05) is 62.0 Å². The predicted molar refractivity (Wildman–Crippen MR) is 113 cm³/mol. The summed E-state index contributed by atoms with van der Waals surface area (Å²) in [5.74, 6) is -0.286. The topological polar surface area (TPSA) is 60.9 Å². The van der Waals surface area contributed by atoms with Crippen LogP contribution in [0.3, 0.4) is 0 Å². The molecule has 0 saturated carbocycles. The van der Waals surface area contributed by atoms with Gasteiger partial charge in [0.2, 0.25) is 15.9 Å². The van der Waals surface area contributed by atoms with E-state index in [0.29, 0.717) is 56.3 Å². The van der Waals surface area contributed by atoms with Crippen LogP contribution in [0.25, 0.3) is 0 Å². The van der Waals surface area contributed by atoms with E-state index < -0.39 is 10.0 Å². The number of carbonyl (C=O) groups is 1. The van der Waals surface area contributed by atoms with E-state index in [-0.39, 0.29) is 16.6 Å². The molecule has 0 bridgehead atoms. The normalized spacial score (nSPS) is 18.9. The second-order valence-electron chi connectivity index (χ2n) is 7.52. The molecule has 2 saturated heterocycles. The van der Waals surface area contributed by atoms with E-state index in [0.717, 1.165) is 12.1 Å². The Labute approximate surface area is 180 Å². The van der Waals surface area contributed by atoms with Crippen LogP contribution >= 0.6 is 11.6 Å². The minimum atomic E-state index is -3.63. The molecule has 6 nitrogen and oxygen atoms in total. The largest absolute Gasteiger partial charge is 0.312 e. The monoisotopic (exact) mass is 451 g/mol. The van der Waals surface area contributed by atoms with E-state index in [1.54, 1.807) is 41.3 Å². The number of amides is 1. The van der Waals surface area contributed by atoms with Gasteiger partial charge in [0.1, 0.15) is 5.82 Å². The van der Waals surface area contributed by atoms with Crippen molar-refractivity contribution in [2.24, 2.45) is 0 Å². The zero-order valence-electron chi connectivity index (χ0n) is 16.4. The van der Waals surface area contributed by atoms with E-state index in [2.05, 4.69) is 0 Å². The van der Waals surface area contributed by atoms with Crippen LogP contribution in [0.1, 0.15) is 18.4 Å². The minimum absolute atomic E-state index is 0.0664. The van der Waals surface area contributed by atoms with Gasteiger partial charge in [-0.15, -0.1) is 0 Å². The van der Waals surface area contributed by atoms with Crippen LogP contribution in [0.2, 0.25) is 5.02 Å². The fourth-order valence-corrected chi connectivity index (χ4v) is 5.55. The molecule has 9 heteroatoms. The number of halogens is 2. The number of hydrogen-bond acceptors (Lipinski definition) is 4. The summed E-state index contributed by atoms with van der Waals surface area (Å²) in [5, 5.41) is 0.377.